The Morgan fingerprint density at radius 3 is 1.60 bits per heavy atom. The molecule has 2 aliphatic heterocycles. The quantitative estimate of drug-likeness (QED) is 0.369. The fourth-order valence-corrected chi connectivity index (χ4v) is 8.58. The van der Waals surface area contributed by atoms with Crippen molar-refractivity contribution in [2.24, 2.45) is 23.7 Å². The summed E-state index contributed by atoms with van der Waals surface area (Å²) in [5, 5.41) is 0. The highest BCUT2D eigenvalue weighted by Gasteiger charge is 2.46. The fraction of sp³-hybridized carbons (Fsp3) is 0.265. The number of carbonyl (C=O) groups excluding carboxylic acids is 3. The molecule has 0 radical (unpaired) electrons. The number of ketones is 3. The molecule has 4 unspecified atom stereocenters. The van der Waals surface area contributed by atoms with Crippen LogP contribution < -0.4 is 0 Å². The van der Waals surface area contributed by atoms with E-state index in [-0.39, 0.29) is 35.1 Å². The van der Waals surface area contributed by atoms with Gasteiger partial charge in [0.05, 0.1) is 17.8 Å². The first-order chi connectivity index (χ1) is 22.0. The van der Waals surface area contributed by atoms with E-state index in [0.717, 1.165) is 33.4 Å². The second-order valence-corrected chi connectivity index (χ2v) is 12.9. The number of hydrogen-bond acceptors (Lipinski definition) is 9. The maximum absolute atomic E-state index is 13.2. The summed E-state index contributed by atoms with van der Waals surface area (Å²) in [4.78, 5) is 75.9. The first kappa shape index (κ1) is 23.9. The number of aromatic amines is 2. The van der Waals surface area contributed by atoms with Crippen LogP contribution in [0.4, 0.5) is 0 Å². The highest BCUT2D eigenvalue weighted by molar-refractivity contribution is 6.11. The van der Waals surface area contributed by atoms with Gasteiger partial charge in [0.25, 0.3) is 0 Å². The summed E-state index contributed by atoms with van der Waals surface area (Å²) in [6, 6.07) is 3.68. The molecule has 0 aromatic carbocycles. The van der Waals surface area contributed by atoms with E-state index in [1.54, 1.807) is 0 Å². The molecule has 0 saturated heterocycles. The van der Waals surface area contributed by atoms with Crippen molar-refractivity contribution in [3.63, 3.8) is 0 Å². The van der Waals surface area contributed by atoms with E-state index < -0.39 is 17.8 Å². The number of H-pyrrole nitrogens is 2. The van der Waals surface area contributed by atoms with E-state index in [1.807, 2.05) is 30.4 Å². The van der Waals surface area contributed by atoms with E-state index in [1.165, 1.54) is 0 Å². The van der Waals surface area contributed by atoms with Gasteiger partial charge in [0.2, 0.25) is 0 Å². The topological polar surface area (TPSA) is 160 Å². The molecule has 2 N–H and O–H groups in total. The third-order valence-electron chi connectivity index (χ3n) is 10.5. The lowest BCUT2D eigenvalue weighted by Crippen LogP contribution is -2.29. The van der Waals surface area contributed by atoms with Gasteiger partial charge in [-0.25, -0.2) is 29.9 Å². The van der Waals surface area contributed by atoms with Gasteiger partial charge >= 0.3 is 0 Å². The highest BCUT2D eigenvalue weighted by atomic mass is 16.1. The van der Waals surface area contributed by atoms with Crippen molar-refractivity contribution in [3.05, 3.63) is 83.0 Å². The number of allylic oxidation sites excluding steroid dienone is 10. The summed E-state index contributed by atoms with van der Waals surface area (Å²) >= 11 is 0. The van der Waals surface area contributed by atoms with Gasteiger partial charge in [-0.2, -0.15) is 0 Å². The van der Waals surface area contributed by atoms with E-state index >= 15 is 0 Å². The Kier molecular flexibility index (Phi) is 4.24. The highest BCUT2D eigenvalue weighted by Crippen LogP contribution is 2.52. The van der Waals surface area contributed by atoms with E-state index in [4.69, 9.17) is 29.9 Å². The molecule has 0 fully saturated rings. The van der Waals surface area contributed by atoms with E-state index in [9.17, 15) is 14.4 Å². The molecule has 14 bridgehead atoms. The molecule has 11 aliphatic rings. The monoisotopic (exact) mass is 590 g/mol. The Bertz CT molecular complexity index is 2370. The van der Waals surface area contributed by atoms with Crippen LogP contribution in [0.3, 0.4) is 0 Å². The third-order valence-corrected chi connectivity index (χ3v) is 10.5. The molecule has 11 nitrogen and oxygen atoms in total. The van der Waals surface area contributed by atoms with Gasteiger partial charge in [-0.3, -0.25) is 14.4 Å². The molecule has 0 amide bonds. The minimum absolute atomic E-state index is 0.0968. The van der Waals surface area contributed by atoms with E-state index in [0.29, 0.717) is 65.1 Å². The van der Waals surface area contributed by atoms with Crippen molar-refractivity contribution >= 4 is 62.2 Å². The van der Waals surface area contributed by atoms with Crippen LogP contribution in [0.25, 0.3) is 44.9 Å². The normalized spacial score (nSPS) is 29.6. The lowest BCUT2D eigenvalue weighted by molar-refractivity contribution is -0.121. The average Bonchev–Trinajstić information content (AvgIpc) is 3.81. The standard InChI is InChI=1S/C34H22N8O3/c43-18-10-13-2-4-15(18)26-24(13)30-39-32(26)37-22-8-7-21(35-22)36-29-23-12-1-5-16(19(44)9-12)27(23)33(38-29)41-31-25-14-3-6-17(20(45)11-14)28(25)34(40-30)42-31/h1-8,12-17H,9-11H2,(H2,35,36,37,38,39,40,41,42)/t12-,13?,14?,15?,16?,17-/m0/s1. The van der Waals surface area contributed by atoms with Crippen LogP contribution in [0.2, 0.25) is 0 Å². The Balaban J connectivity index is 1.27. The summed E-state index contributed by atoms with van der Waals surface area (Å²) in [5.74, 6) is 0.543. The molecule has 5 heterocycles. The Morgan fingerprint density at radius 1 is 0.467 bits per heavy atom. The van der Waals surface area contributed by atoms with Gasteiger partial charge in [0.1, 0.15) is 39.9 Å². The van der Waals surface area contributed by atoms with Crippen LogP contribution in [0.5, 0.6) is 0 Å². The summed E-state index contributed by atoms with van der Waals surface area (Å²) in [6.07, 6.45) is 13.3. The zero-order valence-corrected chi connectivity index (χ0v) is 23.6. The zero-order valence-electron chi connectivity index (χ0n) is 23.6. The molecule has 11 heteroatoms. The Hall–Kier alpha value is -5.45. The molecule has 14 rings (SSSR count). The van der Waals surface area contributed by atoms with Crippen molar-refractivity contribution in [3.8, 4) is 0 Å². The zero-order chi connectivity index (χ0) is 29.7. The smallest absolute Gasteiger partial charge is 0.161 e. The van der Waals surface area contributed by atoms with Crippen molar-refractivity contribution < 1.29 is 14.4 Å². The maximum Gasteiger partial charge on any atom is 0.161 e. The van der Waals surface area contributed by atoms with Gasteiger partial charge in [0, 0.05) is 70.4 Å². The molecule has 45 heavy (non-hydrogen) atoms. The number of nitrogens with zero attached hydrogens (tertiary/aromatic N) is 6. The first-order valence-electron chi connectivity index (χ1n) is 15.3. The van der Waals surface area contributed by atoms with Crippen molar-refractivity contribution in [2.75, 3.05) is 0 Å². The van der Waals surface area contributed by atoms with Crippen LogP contribution in [0.15, 0.2) is 48.6 Å². The Labute approximate surface area is 254 Å². The van der Waals surface area contributed by atoms with Gasteiger partial charge in [-0.15, -0.1) is 0 Å². The molecule has 0 spiro atoms. The minimum atomic E-state index is -0.462. The SMILES string of the molecule is O=C1CC2C=CC1C1=C2c2nc1nc1ccc(nc3[nH]c(nc4nc(n2)C2=C4C4C=C[C@H]2C(=O)C4)c2c3[C@H]3C=CC2C(=O)C3)[nH]1. The van der Waals surface area contributed by atoms with Crippen molar-refractivity contribution in [1.29, 1.82) is 0 Å². The summed E-state index contributed by atoms with van der Waals surface area (Å²) in [6.45, 7) is 0. The maximum atomic E-state index is 13.2. The molecule has 0 saturated carbocycles. The van der Waals surface area contributed by atoms with Crippen molar-refractivity contribution in [2.45, 2.75) is 31.1 Å². The van der Waals surface area contributed by atoms with Crippen LogP contribution in [0.1, 0.15) is 65.5 Å². The molecular formula is C34H22N8O3. The van der Waals surface area contributed by atoms with Gasteiger partial charge in [0.15, 0.2) is 23.3 Å². The summed E-state index contributed by atoms with van der Waals surface area (Å²) < 4.78 is 0. The molecule has 6 atom stereocenters. The molecule has 3 aromatic rings. The molecule has 3 aromatic heterocycles. The molecule has 9 aliphatic carbocycles. The number of rotatable bonds is 0. The Morgan fingerprint density at radius 2 is 0.956 bits per heavy atom. The number of fused-ring (bicyclic) bond motifs is 11. The van der Waals surface area contributed by atoms with Gasteiger partial charge in [-0.1, -0.05) is 36.5 Å². The lowest BCUT2D eigenvalue weighted by atomic mass is 9.70. The third kappa shape index (κ3) is 3.02. The number of hydrogen-bond donors (Lipinski definition) is 2. The van der Waals surface area contributed by atoms with Crippen LogP contribution in [-0.4, -0.2) is 57.2 Å². The number of carbonyl (C=O) groups is 3. The fourth-order valence-electron chi connectivity index (χ4n) is 8.58. The largest absolute Gasteiger partial charge is 0.325 e. The molecule has 216 valence electrons. The second-order valence-electron chi connectivity index (χ2n) is 12.9. The first-order valence-corrected chi connectivity index (χ1v) is 15.3. The van der Waals surface area contributed by atoms with E-state index in [2.05, 4.69) is 28.2 Å². The lowest BCUT2D eigenvalue weighted by Gasteiger charge is -2.31. The second kappa shape index (κ2) is 7.98. The van der Waals surface area contributed by atoms with Crippen LogP contribution in [0, 0.1) is 23.7 Å². The number of aromatic nitrogens is 8. The minimum Gasteiger partial charge on any atom is -0.325 e. The molecular weight excluding hydrogens is 568 g/mol. The predicted octanol–water partition coefficient (Wildman–Crippen LogP) is 3.98. The summed E-state index contributed by atoms with van der Waals surface area (Å²) in [7, 11) is 0. The van der Waals surface area contributed by atoms with Crippen LogP contribution >= 0.6 is 0 Å². The van der Waals surface area contributed by atoms with Crippen LogP contribution in [-0.2, 0) is 14.4 Å². The van der Waals surface area contributed by atoms with Gasteiger partial charge < -0.3 is 9.97 Å². The number of Topliss-reactive ketones (excluding diaryl/α,β-unsaturated/α-hetero) is 3. The predicted molar refractivity (Wildman–Crippen MR) is 162 cm³/mol. The number of nitrogens with one attached hydrogen (secondary N) is 2. The summed E-state index contributed by atoms with van der Waals surface area (Å²) in [5.41, 5.74) is 7.47. The van der Waals surface area contributed by atoms with Crippen molar-refractivity contribution in [1.82, 2.24) is 39.9 Å². The average molecular weight is 591 g/mol. The van der Waals surface area contributed by atoms with Gasteiger partial charge in [-0.05, 0) is 12.1 Å².